The van der Waals surface area contributed by atoms with E-state index in [1.165, 1.54) is 0 Å². The van der Waals surface area contributed by atoms with Crippen molar-refractivity contribution in [3.63, 3.8) is 0 Å². The Balaban J connectivity index is 4.22. The van der Waals surface area contributed by atoms with E-state index in [0.717, 1.165) is 37.1 Å². The lowest BCUT2D eigenvalue weighted by molar-refractivity contribution is 0.501. The molecule has 8 heteroatoms. The van der Waals surface area contributed by atoms with Crippen molar-refractivity contribution in [3.05, 3.63) is 0 Å². The summed E-state index contributed by atoms with van der Waals surface area (Å²) in [7, 11) is 0. The lowest BCUT2D eigenvalue weighted by Crippen LogP contribution is -2.14. The molecule has 0 bridgehead atoms. The summed E-state index contributed by atoms with van der Waals surface area (Å²) in [5.74, 6) is 0. The Bertz CT molecular complexity index is 242. The van der Waals surface area contributed by atoms with Crippen molar-refractivity contribution in [1.29, 1.82) is 0 Å². The van der Waals surface area contributed by atoms with Gasteiger partial charge in [-0.3, -0.25) is 0 Å². The highest BCUT2D eigenvalue weighted by atomic mass is 35.6. The highest BCUT2D eigenvalue weighted by molar-refractivity contribution is 8.67. The zero-order valence-electron chi connectivity index (χ0n) is 8.90. The monoisotopic (exact) mass is 344 g/mol. The van der Waals surface area contributed by atoms with Gasteiger partial charge in [-0.2, -0.15) is 0 Å². The first-order chi connectivity index (χ1) is 7.14. The fraction of sp³-hybridized carbons (Fsp3) is 1.00. The van der Waals surface area contributed by atoms with Gasteiger partial charge in [-0.1, -0.05) is 72.4 Å². The van der Waals surface area contributed by atoms with Crippen LogP contribution in [0.1, 0.15) is 39.0 Å². The molecule has 0 aromatic carbocycles. The van der Waals surface area contributed by atoms with E-state index < -0.39 is 9.49 Å². The van der Waals surface area contributed by atoms with E-state index in [9.17, 15) is 9.79 Å². The largest absolute Gasteiger partial charge is 0.338 e. The summed E-state index contributed by atoms with van der Waals surface area (Å²) in [4.78, 5) is 18.5. The molecule has 98 valence electrons. The summed E-state index contributed by atoms with van der Waals surface area (Å²) in [6.45, 7) is 2.10. The zero-order valence-corrected chi connectivity index (χ0v) is 13.7. The van der Waals surface area contributed by atoms with E-state index in [1.54, 1.807) is 0 Å². The van der Waals surface area contributed by atoms with Gasteiger partial charge in [0.15, 0.2) is 3.79 Å². The Morgan fingerprint density at radius 3 is 2.25 bits per heavy atom. The van der Waals surface area contributed by atoms with E-state index in [4.69, 9.17) is 34.8 Å². The Labute approximate surface area is 121 Å². The number of unbranched alkanes of at least 4 members (excludes halogenated alkanes) is 2. The van der Waals surface area contributed by atoms with Crippen LogP contribution in [0.4, 0.5) is 0 Å². The van der Waals surface area contributed by atoms with Crippen molar-refractivity contribution in [2.75, 3.05) is 0 Å². The number of hydrogen-bond acceptors (Lipinski definition) is 2. The van der Waals surface area contributed by atoms with Crippen LogP contribution in [0.5, 0.6) is 0 Å². The van der Waals surface area contributed by atoms with Crippen LogP contribution < -0.4 is 0 Å². The normalized spacial score (nSPS) is 15.1. The molecule has 0 amide bonds. The van der Waals surface area contributed by atoms with Gasteiger partial charge in [0.25, 0.3) is 0 Å². The summed E-state index contributed by atoms with van der Waals surface area (Å²) >= 11 is 22.7. The lowest BCUT2D eigenvalue weighted by atomic mass is 10.1. The van der Waals surface area contributed by atoms with Gasteiger partial charge in [-0.15, -0.1) is 0 Å². The molecule has 1 unspecified atom stereocenters. The molecular weight excluding hydrogens is 330 g/mol. The quantitative estimate of drug-likeness (QED) is 0.401. The highest BCUT2D eigenvalue weighted by Crippen LogP contribution is 2.56. The maximum Gasteiger partial charge on any atom is 0.242 e. The summed E-state index contributed by atoms with van der Waals surface area (Å²) in [5.41, 5.74) is -3.28. The van der Waals surface area contributed by atoms with E-state index in [1.807, 2.05) is 0 Å². The van der Waals surface area contributed by atoms with Crippen molar-refractivity contribution >= 4 is 63.7 Å². The third kappa shape index (κ3) is 12.3. The van der Waals surface area contributed by atoms with E-state index in [2.05, 4.69) is 18.7 Å². The van der Waals surface area contributed by atoms with Gasteiger partial charge >= 0.3 is 0 Å². The predicted octanol–water partition coefficient (Wildman–Crippen LogP) is 4.64. The molecule has 0 aliphatic rings. The molecular formula is C8H16Cl3O2PS2. The molecule has 0 radical (unpaired) electrons. The first kappa shape index (κ1) is 17.8. The SMILES string of the molecule is CCCCCC(CC(Cl)(Cl)Cl)SP(O)(O)=S. The van der Waals surface area contributed by atoms with Crippen molar-refractivity contribution in [3.8, 4) is 0 Å². The number of alkyl halides is 3. The highest BCUT2D eigenvalue weighted by Gasteiger charge is 2.28. The predicted molar refractivity (Wildman–Crippen MR) is 79.2 cm³/mol. The molecule has 0 aromatic rings. The molecule has 2 N–H and O–H groups in total. The summed E-state index contributed by atoms with van der Waals surface area (Å²) in [6, 6.07) is 0. The van der Waals surface area contributed by atoms with Gasteiger partial charge in [-0.05, 0) is 18.2 Å². The summed E-state index contributed by atoms with van der Waals surface area (Å²) in [5, 5.41) is -0.111. The minimum absolute atomic E-state index is 0.111. The van der Waals surface area contributed by atoms with Gasteiger partial charge in [0.05, 0.1) is 0 Å². The molecule has 0 spiro atoms. The van der Waals surface area contributed by atoms with Gasteiger partial charge in [0, 0.05) is 11.7 Å². The van der Waals surface area contributed by atoms with Crippen LogP contribution in [0.2, 0.25) is 0 Å². The number of hydrogen-bond donors (Lipinski definition) is 2. The van der Waals surface area contributed by atoms with Crippen LogP contribution in [0, 0.1) is 0 Å². The fourth-order valence-corrected chi connectivity index (χ4v) is 5.89. The molecule has 0 saturated heterocycles. The Kier molecular flexibility index (Phi) is 8.96. The molecule has 16 heavy (non-hydrogen) atoms. The van der Waals surface area contributed by atoms with Gasteiger partial charge in [0.2, 0.25) is 5.69 Å². The van der Waals surface area contributed by atoms with Crippen molar-refractivity contribution in [2.24, 2.45) is 0 Å². The lowest BCUT2D eigenvalue weighted by Gasteiger charge is -2.22. The Morgan fingerprint density at radius 1 is 1.31 bits per heavy atom. The van der Waals surface area contributed by atoms with Gasteiger partial charge < -0.3 is 9.79 Å². The van der Waals surface area contributed by atoms with Gasteiger partial charge in [0.1, 0.15) is 0 Å². The molecule has 0 aliphatic heterocycles. The molecule has 0 rings (SSSR count). The van der Waals surface area contributed by atoms with Crippen molar-refractivity contribution < 1.29 is 9.79 Å². The third-order valence-corrected chi connectivity index (χ3v) is 5.81. The van der Waals surface area contributed by atoms with E-state index >= 15 is 0 Å². The zero-order chi connectivity index (χ0) is 12.8. The van der Waals surface area contributed by atoms with E-state index in [0.29, 0.717) is 0 Å². The molecule has 0 saturated carbocycles. The van der Waals surface area contributed by atoms with Crippen LogP contribution in [0.15, 0.2) is 0 Å². The number of rotatable bonds is 7. The van der Waals surface area contributed by atoms with E-state index in [-0.39, 0.29) is 11.7 Å². The van der Waals surface area contributed by atoms with Crippen LogP contribution in [-0.2, 0) is 11.8 Å². The standard InChI is InChI=1S/C8H16Cl3O2PS2/c1-2-3-4-5-7(6-8(9,10)11)16-14(12,13)15/h7H,2-6H2,1H3,(H2,12,13,15). The molecule has 0 aliphatic carbocycles. The summed E-state index contributed by atoms with van der Waals surface area (Å²) < 4.78 is -1.37. The second kappa shape index (κ2) is 8.06. The Morgan fingerprint density at radius 2 is 1.88 bits per heavy atom. The van der Waals surface area contributed by atoms with Crippen molar-refractivity contribution in [1.82, 2.24) is 0 Å². The summed E-state index contributed by atoms with van der Waals surface area (Å²) in [6.07, 6.45) is 4.22. The maximum absolute atomic E-state index is 9.26. The van der Waals surface area contributed by atoms with Crippen LogP contribution in [-0.4, -0.2) is 18.8 Å². The fourth-order valence-electron chi connectivity index (χ4n) is 1.27. The van der Waals surface area contributed by atoms with Crippen LogP contribution in [0.25, 0.3) is 0 Å². The first-order valence-electron chi connectivity index (χ1n) is 4.94. The average Bonchev–Trinajstić information content (AvgIpc) is 1.97. The second-order valence-corrected chi connectivity index (χ2v) is 12.3. The van der Waals surface area contributed by atoms with Gasteiger partial charge in [-0.25, -0.2) is 0 Å². The molecule has 0 fully saturated rings. The maximum atomic E-state index is 9.26. The van der Waals surface area contributed by atoms with Crippen LogP contribution in [0.3, 0.4) is 0 Å². The average molecular weight is 346 g/mol. The second-order valence-electron chi connectivity index (χ2n) is 3.53. The van der Waals surface area contributed by atoms with Crippen LogP contribution >= 0.6 is 51.9 Å². The molecule has 0 heterocycles. The number of halogens is 3. The third-order valence-electron chi connectivity index (χ3n) is 1.88. The minimum Gasteiger partial charge on any atom is -0.338 e. The molecule has 0 aromatic heterocycles. The van der Waals surface area contributed by atoms with Crippen molar-refractivity contribution in [2.45, 2.75) is 48.1 Å². The minimum atomic E-state index is -3.28. The first-order valence-corrected chi connectivity index (χ1v) is 10.3. The Hall–Kier alpha value is 1.79. The smallest absolute Gasteiger partial charge is 0.242 e. The topological polar surface area (TPSA) is 40.5 Å². The molecule has 1 atom stereocenters. The molecule has 2 nitrogen and oxygen atoms in total.